The zero-order valence-electron chi connectivity index (χ0n) is 25.7. The Labute approximate surface area is 258 Å². The molecule has 2 aromatic heterocycles. The average Bonchev–Trinajstić information content (AvgIpc) is 3.67. The lowest BCUT2D eigenvalue weighted by molar-refractivity contribution is 0.0783. The van der Waals surface area contributed by atoms with Crippen molar-refractivity contribution in [3.63, 3.8) is 0 Å². The van der Waals surface area contributed by atoms with Crippen molar-refractivity contribution in [1.29, 1.82) is 0 Å². The van der Waals surface area contributed by atoms with E-state index in [4.69, 9.17) is 5.73 Å². The van der Waals surface area contributed by atoms with Gasteiger partial charge in [-0.05, 0) is 60.8 Å². The van der Waals surface area contributed by atoms with E-state index in [0.717, 1.165) is 60.5 Å². The molecule has 228 valence electrons. The molecular formula is C34H40N8O2. The predicted molar refractivity (Wildman–Crippen MR) is 172 cm³/mol. The van der Waals surface area contributed by atoms with Crippen LogP contribution in [0.3, 0.4) is 0 Å². The standard InChI is InChI=1S/C34H40N8O2/c1-23-16-26(8-9-30(23)25-6-4-24(5-7-25)20-41-14-12-39(2)13-15-41)34(44)42-11-10-29(22-42)38-33(43)31-17-27(18-36-32(31)35)28-19-37-40(3)21-28/h4-9,16-19,21,29H,10-15,20,22H2,1-3H3,(H2,35,36)(H,38,43)/t29-/m1/s1. The topological polar surface area (TPSA) is 113 Å². The molecule has 2 saturated heterocycles. The molecule has 0 spiro atoms. The molecule has 10 heteroatoms. The smallest absolute Gasteiger partial charge is 0.255 e. The number of carbonyl (C=O) groups is 2. The first-order chi connectivity index (χ1) is 21.2. The van der Waals surface area contributed by atoms with Gasteiger partial charge >= 0.3 is 0 Å². The van der Waals surface area contributed by atoms with Crippen molar-refractivity contribution in [2.24, 2.45) is 7.05 Å². The number of rotatable bonds is 7. The van der Waals surface area contributed by atoms with Gasteiger partial charge in [0.15, 0.2) is 0 Å². The highest BCUT2D eigenvalue weighted by Crippen LogP contribution is 2.27. The Hall–Kier alpha value is -4.54. The van der Waals surface area contributed by atoms with E-state index in [9.17, 15) is 9.59 Å². The number of likely N-dealkylation sites (tertiary alicyclic amines) is 1. The quantitative estimate of drug-likeness (QED) is 0.338. The van der Waals surface area contributed by atoms with Crippen LogP contribution >= 0.6 is 0 Å². The molecule has 44 heavy (non-hydrogen) atoms. The molecular weight excluding hydrogens is 552 g/mol. The molecule has 2 fully saturated rings. The van der Waals surface area contributed by atoms with Gasteiger partial charge in [-0.25, -0.2) is 4.98 Å². The van der Waals surface area contributed by atoms with Gasteiger partial charge in [-0.15, -0.1) is 0 Å². The minimum Gasteiger partial charge on any atom is -0.383 e. The summed E-state index contributed by atoms with van der Waals surface area (Å²) in [5.41, 5.74) is 13.3. The molecule has 6 rings (SSSR count). The van der Waals surface area contributed by atoms with Crippen LogP contribution in [0.4, 0.5) is 5.82 Å². The summed E-state index contributed by atoms with van der Waals surface area (Å²) in [6.45, 7) is 8.47. The van der Waals surface area contributed by atoms with Crippen molar-refractivity contribution in [2.45, 2.75) is 25.9 Å². The molecule has 4 heterocycles. The van der Waals surface area contributed by atoms with E-state index in [1.165, 1.54) is 5.56 Å². The number of aryl methyl sites for hydroxylation is 2. The van der Waals surface area contributed by atoms with Crippen molar-refractivity contribution in [2.75, 3.05) is 52.0 Å². The fourth-order valence-corrected chi connectivity index (χ4v) is 6.07. The number of amides is 2. The molecule has 0 radical (unpaired) electrons. The number of carbonyl (C=O) groups excluding carboxylic acids is 2. The summed E-state index contributed by atoms with van der Waals surface area (Å²) in [6, 6.07) is 16.3. The lowest BCUT2D eigenvalue weighted by Crippen LogP contribution is -2.43. The summed E-state index contributed by atoms with van der Waals surface area (Å²) in [5.74, 6) is -0.158. The summed E-state index contributed by atoms with van der Waals surface area (Å²) in [5, 5.41) is 7.24. The molecule has 2 aromatic carbocycles. The van der Waals surface area contributed by atoms with Crippen LogP contribution < -0.4 is 11.1 Å². The third kappa shape index (κ3) is 6.51. The zero-order chi connectivity index (χ0) is 30.8. The van der Waals surface area contributed by atoms with Crippen LogP contribution in [0, 0.1) is 6.92 Å². The Morgan fingerprint density at radius 1 is 0.932 bits per heavy atom. The summed E-state index contributed by atoms with van der Waals surface area (Å²) in [4.78, 5) is 37.5. The molecule has 2 aliphatic rings. The predicted octanol–water partition coefficient (Wildman–Crippen LogP) is 3.43. The fraction of sp³-hybridized carbons (Fsp3) is 0.353. The van der Waals surface area contributed by atoms with Crippen LogP contribution in [0.15, 0.2) is 67.1 Å². The molecule has 0 aliphatic carbocycles. The van der Waals surface area contributed by atoms with Gasteiger partial charge in [-0.3, -0.25) is 19.2 Å². The Bertz CT molecular complexity index is 1660. The van der Waals surface area contributed by atoms with E-state index < -0.39 is 0 Å². The highest BCUT2D eigenvalue weighted by atomic mass is 16.2. The van der Waals surface area contributed by atoms with E-state index in [-0.39, 0.29) is 23.7 Å². The second-order valence-electron chi connectivity index (χ2n) is 12.1. The highest BCUT2D eigenvalue weighted by molar-refractivity contribution is 6.00. The first kappa shape index (κ1) is 29.5. The van der Waals surface area contributed by atoms with E-state index >= 15 is 0 Å². The third-order valence-corrected chi connectivity index (χ3v) is 8.75. The number of piperazine rings is 1. The van der Waals surface area contributed by atoms with Crippen molar-refractivity contribution in [3.05, 3.63) is 89.4 Å². The molecule has 2 amide bonds. The highest BCUT2D eigenvalue weighted by Gasteiger charge is 2.29. The number of nitrogens with zero attached hydrogens (tertiary/aromatic N) is 6. The maximum Gasteiger partial charge on any atom is 0.255 e. The second kappa shape index (κ2) is 12.6. The number of pyridine rings is 1. The molecule has 0 bridgehead atoms. The molecule has 0 saturated carbocycles. The Kier molecular flexibility index (Phi) is 8.45. The normalized spacial score (nSPS) is 17.6. The van der Waals surface area contributed by atoms with Crippen LogP contribution in [-0.4, -0.2) is 93.6 Å². The van der Waals surface area contributed by atoms with Gasteiger partial charge in [0, 0.05) is 88.0 Å². The fourth-order valence-electron chi connectivity index (χ4n) is 6.07. The number of benzene rings is 2. The van der Waals surface area contributed by atoms with Gasteiger partial charge in [-0.2, -0.15) is 5.10 Å². The van der Waals surface area contributed by atoms with Gasteiger partial charge in [0.1, 0.15) is 5.82 Å². The Morgan fingerprint density at radius 3 is 2.41 bits per heavy atom. The minimum atomic E-state index is -0.296. The number of hydrogen-bond donors (Lipinski definition) is 2. The minimum absolute atomic E-state index is 0.0290. The maximum absolute atomic E-state index is 13.4. The van der Waals surface area contributed by atoms with Crippen LogP contribution in [0.5, 0.6) is 0 Å². The van der Waals surface area contributed by atoms with Gasteiger partial charge in [0.2, 0.25) is 0 Å². The van der Waals surface area contributed by atoms with E-state index in [2.05, 4.69) is 63.4 Å². The number of hydrogen-bond acceptors (Lipinski definition) is 7. The van der Waals surface area contributed by atoms with Gasteiger partial charge in [0.25, 0.3) is 11.8 Å². The maximum atomic E-state index is 13.4. The number of likely N-dealkylation sites (N-methyl/N-ethyl adjacent to an activating group) is 1. The van der Waals surface area contributed by atoms with Crippen LogP contribution in [0.1, 0.15) is 38.3 Å². The van der Waals surface area contributed by atoms with Crippen molar-refractivity contribution in [1.82, 2.24) is 34.8 Å². The van der Waals surface area contributed by atoms with Gasteiger partial charge < -0.3 is 20.9 Å². The Morgan fingerprint density at radius 2 is 1.70 bits per heavy atom. The number of anilines is 1. The van der Waals surface area contributed by atoms with Crippen LogP contribution in [0.25, 0.3) is 22.3 Å². The van der Waals surface area contributed by atoms with Crippen molar-refractivity contribution >= 4 is 17.6 Å². The summed E-state index contributed by atoms with van der Waals surface area (Å²) >= 11 is 0. The zero-order valence-corrected chi connectivity index (χ0v) is 25.7. The summed E-state index contributed by atoms with van der Waals surface area (Å²) in [6.07, 6.45) is 5.88. The van der Waals surface area contributed by atoms with Crippen LogP contribution in [-0.2, 0) is 13.6 Å². The van der Waals surface area contributed by atoms with Crippen molar-refractivity contribution < 1.29 is 9.59 Å². The first-order valence-electron chi connectivity index (χ1n) is 15.2. The summed E-state index contributed by atoms with van der Waals surface area (Å²) < 4.78 is 1.69. The van der Waals surface area contributed by atoms with E-state index in [1.807, 2.05) is 31.4 Å². The number of nitrogen functional groups attached to an aromatic ring is 1. The van der Waals surface area contributed by atoms with Crippen LogP contribution in [0.2, 0.25) is 0 Å². The monoisotopic (exact) mass is 592 g/mol. The van der Waals surface area contributed by atoms with E-state index in [0.29, 0.717) is 30.6 Å². The Balaban J connectivity index is 1.06. The number of nitrogens with one attached hydrogen (secondary N) is 1. The molecule has 1 atom stereocenters. The SMILES string of the molecule is Cc1cc(C(=O)N2CC[C@@H](NC(=O)c3cc(-c4cnn(C)c4)cnc3N)C2)ccc1-c1ccc(CN2CCN(C)CC2)cc1. The molecule has 0 unspecified atom stereocenters. The van der Waals surface area contributed by atoms with Gasteiger partial charge in [-0.1, -0.05) is 30.3 Å². The number of aromatic nitrogens is 3. The van der Waals surface area contributed by atoms with Crippen molar-refractivity contribution in [3.8, 4) is 22.3 Å². The summed E-state index contributed by atoms with van der Waals surface area (Å²) in [7, 11) is 4.01. The molecule has 4 aromatic rings. The molecule has 10 nitrogen and oxygen atoms in total. The molecule has 3 N–H and O–H groups in total. The largest absolute Gasteiger partial charge is 0.383 e. The third-order valence-electron chi connectivity index (χ3n) is 8.75. The lowest BCUT2D eigenvalue weighted by Gasteiger charge is -2.32. The van der Waals surface area contributed by atoms with E-state index in [1.54, 1.807) is 28.0 Å². The number of nitrogens with two attached hydrogens (primary N) is 1. The second-order valence-corrected chi connectivity index (χ2v) is 12.1. The molecule has 2 aliphatic heterocycles. The van der Waals surface area contributed by atoms with Gasteiger partial charge in [0.05, 0.1) is 11.8 Å². The average molecular weight is 593 g/mol. The lowest BCUT2D eigenvalue weighted by atomic mass is 9.97. The first-order valence-corrected chi connectivity index (χ1v) is 15.2.